The van der Waals surface area contributed by atoms with E-state index in [4.69, 9.17) is 9.57 Å². The van der Waals surface area contributed by atoms with Gasteiger partial charge in [-0.1, -0.05) is 0 Å². The standard InChI is InChI=1S/C9H14BrN3O2/c1-14-12-9-7(10)6-11-13(9)8-4-2-3-5-15-8/h6,8,12H,2-5H2,1H3. The lowest BCUT2D eigenvalue weighted by molar-refractivity contribution is -0.0389. The third-order valence-corrected chi connectivity index (χ3v) is 2.96. The summed E-state index contributed by atoms with van der Waals surface area (Å²) in [6.45, 7) is 0.800. The maximum atomic E-state index is 5.65. The first-order valence-electron chi connectivity index (χ1n) is 4.96. The summed E-state index contributed by atoms with van der Waals surface area (Å²) in [6, 6.07) is 0. The van der Waals surface area contributed by atoms with Gasteiger partial charge in [-0.3, -0.25) is 4.84 Å². The zero-order valence-electron chi connectivity index (χ0n) is 8.57. The molecule has 1 aliphatic rings. The Hall–Kier alpha value is -0.590. The Balaban J connectivity index is 2.18. The molecule has 84 valence electrons. The number of hydrogen-bond acceptors (Lipinski definition) is 4. The van der Waals surface area contributed by atoms with E-state index in [0.29, 0.717) is 0 Å². The van der Waals surface area contributed by atoms with E-state index in [0.717, 1.165) is 29.7 Å². The molecule has 1 saturated heterocycles. The number of ether oxygens (including phenoxy) is 1. The van der Waals surface area contributed by atoms with Crippen LogP contribution in [0.25, 0.3) is 0 Å². The molecule has 2 heterocycles. The van der Waals surface area contributed by atoms with Gasteiger partial charge in [-0.25, -0.2) is 10.2 Å². The molecule has 1 N–H and O–H groups in total. The highest BCUT2D eigenvalue weighted by Crippen LogP contribution is 2.29. The van der Waals surface area contributed by atoms with Crippen LogP contribution in [0, 0.1) is 0 Å². The van der Waals surface area contributed by atoms with Crippen molar-refractivity contribution in [3.63, 3.8) is 0 Å². The summed E-state index contributed by atoms with van der Waals surface area (Å²) in [4.78, 5) is 4.90. The van der Waals surface area contributed by atoms with Gasteiger partial charge in [0.2, 0.25) is 0 Å². The van der Waals surface area contributed by atoms with Crippen LogP contribution in [0.3, 0.4) is 0 Å². The first-order chi connectivity index (χ1) is 7.33. The van der Waals surface area contributed by atoms with Crippen molar-refractivity contribution in [1.29, 1.82) is 0 Å². The largest absolute Gasteiger partial charge is 0.356 e. The zero-order valence-corrected chi connectivity index (χ0v) is 10.2. The van der Waals surface area contributed by atoms with Gasteiger partial charge in [-0.2, -0.15) is 5.10 Å². The van der Waals surface area contributed by atoms with Crippen molar-refractivity contribution in [2.45, 2.75) is 25.5 Å². The molecule has 0 aliphatic carbocycles. The van der Waals surface area contributed by atoms with E-state index in [9.17, 15) is 0 Å². The molecule has 15 heavy (non-hydrogen) atoms. The Kier molecular flexibility index (Phi) is 3.61. The number of nitrogens with zero attached hydrogens (tertiary/aromatic N) is 2. The highest BCUT2D eigenvalue weighted by atomic mass is 79.9. The van der Waals surface area contributed by atoms with Crippen molar-refractivity contribution >= 4 is 21.7 Å². The number of hydrogen-bond donors (Lipinski definition) is 1. The number of anilines is 1. The van der Waals surface area contributed by atoms with Gasteiger partial charge >= 0.3 is 0 Å². The Bertz CT molecular complexity index is 323. The van der Waals surface area contributed by atoms with Gasteiger partial charge in [0.25, 0.3) is 0 Å². The van der Waals surface area contributed by atoms with Crippen LogP contribution in [0.1, 0.15) is 25.5 Å². The lowest BCUT2D eigenvalue weighted by Crippen LogP contribution is -2.20. The van der Waals surface area contributed by atoms with Gasteiger partial charge in [-0.15, -0.1) is 0 Å². The van der Waals surface area contributed by atoms with Crippen molar-refractivity contribution in [3.05, 3.63) is 10.7 Å². The average Bonchev–Trinajstić information content (AvgIpc) is 2.63. The first-order valence-corrected chi connectivity index (χ1v) is 5.76. The lowest BCUT2D eigenvalue weighted by atomic mass is 10.2. The smallest absolute Gasteiger partial charge is 0.165 e. The van der Waals surface area contributed by atoms with Crippen molar-refractivity contribution in [2.75, 3.05) is 19.2 Å². The van der Waals surface area contributed by atoms with Crippen LogP contribution < -0.4 is 5.48 Å². The lowest BCUT2D eigenvalue weighted by Gasteiger charge is -2.24. The van der Waals surface area contributed by atoms with Crippen LogP contribution in [-0.4, -0.2) is 23.5 Å². The number of nitrogens with one attached hydrogen (secondary N) is 1. The van der Waals surface area contributed by atoms with Gasteiger partial charge in [0.15, 0.2) is 12.0 Å². The fourth-order valence-electron chi connectivity index (χ4n) is 1.67. The molecule has 0 amide bonds. The molecule has 1 aromatic heterocycles. The first kappa shape index (κ1) is 10.9. The summed E-state index contributed by atoms with van der Waals surface area (Å²) in [7, 11) is 1.57. The monoisotopic (exact) mass is 275 g/mol. The maximum Gasteiger partial charge on any atom is 0.165 e. The highest BCUT2D eigenvalue weighted by molar-refractivity contribution is 9.10. The Morgan fingerprint density at radius 3 is 3.20 bits per heavy atom. The van der Waals surface area contributed by atoms with E-state index < -0.39 is 0 Å². The molecule has 1 aliphatic heterocycles. The van der Waals surface area contributed by atoms with Crippen LogP contribution in [0.4, 0.5) is 5.82 Å². The minimum absolute atomic E-state index is 0.0164. The molecule has 5 nitrogen and oxygen atoms in total. The molecule has 0 spiro atoms. The fraction of sp³-hybridized carbons (Fsp3) is 0.667. The van der Waals surface area contributed by atoms with Gasteiger partial charge in [-0.05, 0) is 35.2 Å². The van der Waals surface area contributed by atoms with Gasteiger partial charge in [0.05, 0.1) is 17.8 Å². The van der Waals surface area contributed by atoms with E-state index >= 15 is 0 Å². The highest BCUT2D eigenvalue weighted by Gasteiger charge is 2.20. The molecular formula is C9H14BrN3O2. The number of rotatable bonds is 3. The summed E-state index contributed by atoms with van der Waals surface area (Å²) < 4.78 is 8.33. The van der Waals surface area contributed by atoms with Crippen molar-refractivity contribution in [1.82, 2.24) is 9.78 Å². The van der Waals surface area contributed by atoms with E-state index in [-0.39, 0.29) is 6.23 Å². The molecule has 0 radical (unpaired) electrons. The van der Waals surface area contributed by atoms with Crippen molar-refractivity contribution in [2.24, 2.45) is 0 Å². The second kappa shape index (κ2) is 4.96. The van der Waals surface area contributed by atoms with Gasteiger partial charge < -0.3 is 4.74 Å². The number of halogens is 1. The summed E-state index contributed by atoms with van der Waals surface area (Å²) in [5.74, 6) is 0.796. The second-order valence-corrected chi connectivity index (χ2v) is 4.27. The Morgan fingerprint density at radius 2 is 2.53 bits per heavy atom. The summed E-state index contributed by atoms with van der Waals surface area (Å²) in [5.41, 5.74) is 2.80. The van der Waals surface area contributed by atoms with Crippen LogP contribution >= 0.6 is 15.9 Å². The molecule has 2 rings (SSSR count). The quantitative estimate of drug-likeness (QED) is 0.861. The molecule has 0 saturated carbocycles. The van der Waals surface area contributed by atoms with Gasteiger partial charge in [0, 0.05) is 6.61 Å². The predicted molar refractivity (Wildman–Crippen MR) is 59.4 cm³/mol. The van der Waals surface area contributed by atoms with Crippen LogP contribution in [0.15, 0.2) is 10.7 Å². The van der Waals surface area contributed by atoms with Crippen LogP contribution in [0.2, 0.25) is 0 Å². The van der Waals surface area contributed by atoms with Crippen molar-refractivity contribution < 1.29 is 9.57 Å². The molecule has 1 atom stereocenters. The molecule has 0 bridgehead atoms. The topological polar surface area (TPSA) is 48.3 Å². The Morgan fingerprint density at radius 1 is 1.67 bits per heavy atom. The normalized spacial score (nSPS) is 21.6. The molecule has 1 aromatic rings. The molecule has 1 unspecified atom stereocenters. The second-order valence-electron chi connectivity index (χ2n) is 3.41. The molecule has 1 fully saturated rings. The van der Waals surface area contributed by atoms with E-state index in [1.165, 1.54) is 6.42 Å². The van der Waals surface area contributed by atoms with Crippen molar-refractivity contribution in [3.8, 4) is 0 Å². The van der Waals surface area contributed by atoms with Gasteiger partial charge in [0.1, 0.15) is 0 Å². The van der Waals surface area contributed by atoms with E-state index in [1.807, 2.05) is 4.68 Å². The van der Waals surface area contributed by atoms with Crippen LogP contribution in [0.5, 0.6) is 0 Å². The summed E-state index contributed by atoms with van der Waals surface area (Å²) >= 11 is 3.40. The average molecular weight is 276 g/mol. The minimum Gasteiger partial charge on any atom is -0.356 e. The third-order valence-electron chi connectivity index (χ3n) is 2.38. The molecule has 6 heteroatoms. The SMILES string of the molecule is CONc1c(Br)cnn1C1CCCCO1. The van der Waals surface area contributed by atoms with E-state index in [2.05, 4.69) is 26.5 Å². The summed E-state index contributed by atoms with van der Waals surface area (Å²) in [5, 5.41) is 4.26. The molecular weight excluding hydrogens is 262 g/mol. The Labute approximate surface area is 96.8 Å². The third kappa shape index (κ3) is 2.32. The predicted octanol–water partition coefficient (Wildman–Crippen LogP) is 2.32. The fourth-order valence-corrected chi connectivity index (χ4v) is 2.02. The minimum atomic E-state index is 0.0164. The molecule has 0 aromatic carbocycles. The maximum absolute atomic E-state index is 5.65. The summed E-state index contributed by atoms with van der Waals surface area (Å²) in [6.07, 6.45) is 5.05. The number of aromatic nitrogens is 2. The van der Waals surface area contributed by atoms with Crippen LogP contribution in [-0.2, 0) is 9.57 Å². The zero-order chi connectivity index (χ0) is 10.7. The van der Waals surface area contributed by atoms with E-state index in [1.54, 1.807) is 13.3 Å².